The minimum absolute atomic E-state index is 0.107. The number of aromatic nitrogens is 1. The van der Waals surface area contributed by atoms with Gasteiger partial charge in [0.1, 0.15) is 11.2 Å². The third kappa shape index (κ3) is 3.23. The Hall–Kier alpha value is -3.26. The van der Waals surface area contributed by atoms with Gasteiger partial charge in [-0.1, -0.05) is 11.3 Å². The normalized spacial score (nSPS) is 11.4. The molecular formula is C22H20N2O5S. The summed E-state index contributed by atoms with van der Waals surface area (Å²) in [5, 5.41) is 4.66. The van der Waals surface area contributed by atoms with Gasteiger partial charge < -0.3 is 14.2 Å². The zero-order valence-electron chi connectivity index (χ0n) is 17.3. The highest BCUT2D eigenvalue weighted by Gasteiger charge is 2.21. The van der Waals surface area contributed by atoms with Crippen LogP contribution in [0.2, 0.25) is 0 Å². The molecule has 0 radical (unpaired) electrons. The van der Waals surface area contributed by atoms with Crippen LogP contribution in [0.25, 0.3) is 21.9 Å². The first-order chi connectivity index (χ1) is 14.2. The number of nitrogens with one attached hydrogen (secondary N) is 1. The lowest BCUT2D eigenvalue weighted by atomic mass is 9.99. The number of benzene rings is 1. The Morgan fingerprint density at radius 2 is 1.87 bits per heavy atom. The fraction of sp³-hybridized carbons (Fsp3) is 0.273. The molecule has 1 N–H and O–H groups in total. The molecule has 0 bridgehead atoms. The van der Waals surface area contributed by atoms with Crippen LogP contribution in [0.4, 0.5) is 5.13 Å². The van der Waals surface area contributed by atoms with Crippen LogP contribution in [-0.4, -0.2) is 16.7 Å². The number of furan rings is 1. The number of Topliss-reactive ketones (excluding diaryl/α,β-unsaturated/α-hetero) is 1. The molecule has 4 aromatic rings. The molecule has 0 saturated carbocycles. The number of hydrogen-bond acceptors (Lipinski definition) is 7. The number of carbonyl (C=O) groups is 2. The van der Waals surface area contributed by atoms with Gasteiger partial charge in [0.05, 0.1) is 34.2 Å². The molecule has 0 saturated heterocycles. The maximum Gasteiger partial charge on any atom is 0.340 e. The smallest absolute Gasteiger partial charge is 0.340 e. The molecule has 7 nitrogen and oxygen atoms in total. The van der Waals surface area contributed by atoms with E-state index in [0.29, 0.717) is 37.8 Å². The number of aryl methyl sites for hydroxylation is 4. The van der Waals surface area contributed by atoms with Crippen LogP contribution in [0, 0.1) is 27.7 Å². The van der Waals surface area contributed by atoms with Crippen LogP contribution in [0.1, 0.15) is 44.5 Å². The number of carbonyl (C=O) groups excluding carboxylic acids is 2. The standard InChI is InChI=1S/C22H20N2O5S/c1-9-6-15-18(19-17(9)10(2)8-28-19)11(3)14(21(27)29-15)7-16(26)24-22-23-12(4)20(30-22)13(5)25/h6,8H,7H2,1-5H3,(H,23,24,26). The van der Waals surface area contributed by atoms with Gasteiger partial charge in [-0.2, -0.15) is 0 Å². The molecule has 1 amide bonds. The Labute approximate surface area is 175 Å². The minimum atomic E-state index is -0.558. The zero-order chi connectivity index (χ0) is 21.7. The maximum atomic E-state index is 12.6. The number of amides is 1. The predicted molar refractivity (Wildman–Crippen MR) is 116 cm³/mol. The topological polar surface area (TPSA) is 102 Å². The summed E-state index contributed by atoms with van der Waals surface area (Å²) in [6.45, 7) is 8.85. The van der Waals surface area contributed by atoms with Gasteiger partial charge in [-0.3, -0.25) is 9.59 Å². The summed E-state index contributed by atoms with van der Waals surface area (Å²) in [5.41, 5.74) is 3.95. The molecule has 0 atom stereocenters. The number of nitrogens with zero attached hydrogens (tertiary/aromatic N) is 1. The number of anilines is 1. The second kappa shape index (κ2) is 7.21. The molecule has 0 aliphatic heterocycles. The second-order valence-electron chi connectivity index (χ2n) is 7.40. The van der Waals surface area contributed by atoms with E-state index in [1.807, 2.05) is 19.9 Å². The van der Waals surface area contributed by atoms with Crippen molar-refractivity contribution < 1.29 is 18.4 Å². The van der Waals surface area contributed by atoms with Crippen LogP contribution >= 0.6 is 11.3 Å². The quantitative estimate of drug-likeness (QED) is 0.379. The third-order valence-corrected chi connectivity index (χ3v) is 6.34. The van der Waals surface area contributed by atoms with Gasteiger partial charge in [-0.25, -0.2) is 9.78 Å². The van der Waals surface area contributed by atoms with E-state index in [9.17, 15) is 14.4 Å². The number of ketones is 1. The van der Waals surface area contributed by atoms with E-state index in [0.717, 1.165) is 27.8 Å². The van der Waals surface area contributed by atoms with E-state index in [-0.39, 0.29) is 17.8 Å². The first-order valence-corrected chi connectivity index (χ1v) is 10.2. The zero-order valence-corrected chi connectivity index (χ0v) is 18.1. The molecule has 0 fully saturated rings. The van der Waals surface area contributed by atoms with Gasteiger partial charge in [0.2, 0.25) is 5.91 Å². The number of thiazole rings is 1. The largest absolute Gasteiger partial charge is 0.463 e. The van der Waals surface area contributed by atoms with E-state index in [2.05, 4.69) is 10.3 Å². The van der Waals surface area contributed by atoms with Crippen molar-refractivity contribution in [3.63, 3.8) is 0 Å². The summed E-state index contributed by atoms with van der Waals surface area (Å²) in [5.74, 6) is -0.517. The Kier molecular flexibility index (Phi) is 4.82. The molecule has 8 heteroatoms. The Morgan fingerprint density at radius 1 is 1.13 bits per heavy atom. The average Bonchev–Trinajstić information content (AvgIpc) is 3.21. The fourth-order valence-electron chi connectivity index (χ4n) is 3.78. The molecule has 3 aromatic heterocycles. The summed E-state index contributed by atoms with van der Waals surface area (Å²) >= 11 is 1.11. The number of hydrogen-bond donors (Lipinski definition) is 1. The van der Waals surface area contributed by atoms with Crippen LogP contribution in [0.15, 0.2) is 26.0 Å². The Balaban J connectivity index is 1.74. The van der Waals surface area contributed by atoms with Crippen LogP contribution < -0.4 is 10.9 Å². The molecule has 154 valence electrons. The van der Waals surface area contributed by atoms with Crippen molar-refractivity contribution in [3.8, 4) is 0 Å². The van der Waals surface area contributed by atoms with Crippen molar-refractivity contribution >= 4 is 50.1 Å². The predicted octanol–water partition coefficient (Wildman–Crippen LogP) is 4.61. The second-order valence-corrected chi connectivity index (χ2v) is 8.40. The molecule has 0 unspecified atom stereocenters. The van der Waals surface area contributed by atoms with E-state index in [4.69, 9.17) is 8.83 Å². The van der Waals surface area contributed by atoms with Crippen molar-refractivity contribution in [1.29, 1.82) is 0 Å². The van der Waals surface area contributed by atoms with E-state index < -0.39 is 11.5 Å². The van der Waals surface area contributed by atoms with Gasteiger partial charge in [0, 0.05) is 12.3 Å². The molecule has 30 heavy (non-hydrogen) atoms. The van der Waals surface area contributed by atoms with Gasteiger partial charge in [-0.05, 0) is 50.5 Å². The highest BCUT2D eigenvalue weighted by Crippen LogP contribution is 2.34. The summed E-state index contributed by atoms with van der Waals surface area (Å²) in [7, 11) is 0. The number of fused-ring (bicyclic) bond motifs is 3. The molecule has 1 aromatic carbocycles. The van der Waals surface area contributed by atoms with E-state index in [1.54, 1.807) is 20.1 Å². The van der Waals surface area contributed by atoms with Crippen LogP contribution in [-0.2, 0) is 11.2 Å². The first kappa shape index (κ1) is 20.0. The van der Waals surface area contributed by atoms with Crippen molar-refractivity contribution in [2.45, 2.75) is 41.0 Å². The Bertz CT molecular complexity index is 1410. The molecular weight excluding hydrogens is 404 g/mol. The van der Waals surface area contributed by atoms with Crippen LogP contribution in [0.3, 0.4) is 0 Å². The highest BCUT2D eigenvalue weighted by atomic mass is 32.1. The lowest BCUT2D eigenvalue weighted by Gasteiger charge is -2.09. The molecule has 0 aliphatic rings. The maximum absolute atomic E-state index is 12.6. The molecule has 4 rings (SSSR count). The van der Waals surface area contributed by atoms with E-state index in [1.165, 1.54) is 6.92 Å². The first-order valence-electron chi connectivity index (χ1n) is 9.39. The average molecular weight is 424 g/mol. The van der Waals surface area contributed by atoms with Crippen molar-refractivity contribution in [2.24, 2.45) is 0 Å². The molecule has 3 heterocycles. The van der Waals surface area contributed by atoms with Gasteiger partial charge in [-0.15, -0.1) is 0 Å². The lowest BCUT2D eigenvalue weighted by molar-refractivity contribution is -0.115. The summed E-state index contributed by atoms with van der Waals surface area (Å²) in [6, 6.07) is 1.82. The summed E-state index contributed by atoms with van der Waals surface area (Å²) < 4.78 is 11.3. The van der Waals surface area contributed by atoms with Gasteiger partial charge in [0.25, 0.3) is 0 Å². The van der Waals surface area contributed by atoms with Gasteiger partial charge >= 0.3 is 5.63 Å². The van der Waals surface area contributed by atoms with Crippen molar-refractivity contribution in [2.75, 3.05) is 5.32 Å². The fourth-order valence-corrected chi connectivity index (χ4v) is 4.66. The SMILES string of the molecule is CC(=O)c1sc(NC(=O)Cc2c(C)c3c(cc(C)c4c(C)coc43)oc2=O)nc1C. The monoisotopic (exact) mass is 424 g/mol. The summed E-state index contributed by atoms with van der Waals surface area (Å²) in [4.78, 5) is 41.5. The van der Waals surface area contributed by atoms with E-state index >= 15 is 0 Å². The molecule has 0 spiro atoms. The number of rotatable bonds is 4. The van der Waals surface area contributed by atoms with Gasteiger partial charge in [0.15, 0.2) is 10.9 Å². The molecule has 0 aliphatic carbocycles. The third-order valence-electron chi connectivity index (χ3n) is 5.17. The van der Waals surface area contributed by atoms with Crippen LogP contribution in [0.5, 0.6) is 0 Å². The highest BCUT2D eigenvalue weighted by molar-refractivity contribution is 7.17. The lowest BCUT2D eigenvalue weighted by Crippen LogP contribution is -2.20. The minimum Gasteiger partial charge on any atom is -0.463 e. The Morgan fingerprint density at radius 3 is 2.53 bits per heavy atom. The summed E-state index contributed by atoms with van der Waals surface area (Å²) in [6.07, 6.45) is 1.50. The van der Waals surface area contributed by atoms with Crippen molar-refractivity contribution in [1.82, 2.24) is 4.98 Å². The van der Waals surface area contributed by atoms with Crippen molar-refractivity contribution in [3.05, 3.63) is 55.6 Å².